The largest absolute Gasteiger partial charge is 0.364 e. The van der Waals surface area contributed by atoms with Gasteiger partial charge in [-0.1, -0.05) is 30.3 Å². The molecule has 7 nitrogen and oxygen atoms in total. The van der Waals surface area contributed by atoms with Gasteiger partial charge in [0.15, 0.2) is 0 Å². The van der Waals surface area contributed by atoms with E-state index in [0.29, 0.717) is 5.82 Å². The molecule has 0 unspecified atom stereocenters. The summed E-state index contributed by atoms with van der Waals surface area (Å²) in [6.07, 6.45) is 4.79. The van der Waals surface area contributed by atoms with Gasteiger partial charge in [0.2, 0.25) is 0 Å². The van der Waals surface area contributed by atoms with Crippen LogP contribution in [0.25, 0.3) is 11.3 Å². The van der Waals surface area contributed by atoms with Crippen molar-refractivity contribution >= 4 is 11.7 Å². The summed E-state index contributed by atoms with van der Waals surface area (Å²) in [6.45, 7) is 1.58. The van der Waals surface area contributed by atoms with Crippen molar-refractivity contribution in [1.29, 1.82) is 0 Å². The topological polar surface area (TPSA) is 89.9 Å². The van der Waals surface area contributed by atoms with Crippen molar-refractivity contribution in [1.82, 2.24) is 19.7 Å². The van der Waals surface area contributed by atoms with Gasteiger partial charge >= 0.3 is 0 Å². The van der Waals surface area contributed by atoms with E-state index in [-0.39, 0.29) is 5.69 Å². The van der Waals surface area contributed by atoms with E-state index in [0.717, 1.165) is 37.2 Å². The van der Waals surface area contributed by atoms with Crippen LogP contribution in [0.3, 0.4) is 0 Å². The van der Waals surface area contributed by atoms with Gasteiger partial charge in [-0.2, -0.15) is 5.10 Å². The Morgan fingerprint density at radius 1 is 1.12 bits per heavy atom. The van der Waals surface area contributed by atoms with Crippen LogP contribution in [0, 0.1) is 0 Å². The van der Waals surface area contributed by atoms with Crippen molar-refractivity contribution in [2.45, 2.75) is 12.8 Å². The maximum Gasteiger partial charge on any atom is 0.268 e. The quantitative estimate of drug-likeness (QED) is 0.776. The Bertz CT molecular complexity index is 950. The van der Waals surface area contributed by atoms with Crippen LogP contribution in [0.1, 0.15) is 21.7 Å². The highest BCUT2D eigenvalue weighted by atomic mass is 16.1. The number of benzene rings is 1. The number of fused-ring (bicyclic) bond motifs is 1. The summed E-state index contributed by atoms with van der Waals surface area (Å²) < 4.78 is 1.98. The number of carbonyl (C=O) groups excluding carboxylic acids is 1. The zero-order valence-corrected chi connectivity index (χ0v) is 14.6. The van der Waals surface area contributed by atoms with Crippen LogP contribution in [-0.2, 0) is 19.9 Å². The van der Waals surface area contributed by atoms with Crippen LogP contribution >= 0.6 is 0 Å². The molecule has 26 heavy (non-hydrogen) atoms. The van der Waals surface area contributed by atoms with Gasteiger partial charge in [-0.05, 0) is 6.42 Å². The van der Waals surface area contributed by atoms with E-state index < -0.39 is 5.91 Å². The van der Waals surface area contributed by atoms with Gasteiger partial charge in [-0.3, -0.25) is 14.5 Å². The van der Waals surface area contributed by atoms with E-state index in [1.54, 1.807) is 6.20 Å². The maximum absolute atomic E-state index is 11.4. The van der Waals surface area contributed by atoms with Crippen LogP contribution in [0.15, 0.2) is 42.7 Å². The maximum atomic E-state index is 11.4. The molecule has 1 amide bonds. The van der Waals surface area contributed by atoms with Gasteiger partial charge in [0.05, 0.1) is 18.1 Å². The Kier molecular flexibility index (Phi) is 4.12. The molecule has 7 heteroatoms. The molecule has 1 aromatic carbocycles. The third-order valence-corrected chi connectivity index (χ3v) is 4.77. The first-order valence-corrected chi connectivity index (χ1v) is 8.60. The molecule has 4 rings (SSSR count). The second-order valence-electron chi connectivity index (χ2n) is 6.38. The molecule has 0 saturated carbocycles. The van der Waals surface area contributed by atoms with Crippen LogP contribution in [0.4, 0.5) is 5.82 Å². The van der Waals surface area contributed by atoms with E-state index in [4.69, 9.17) is 10.8 Å². The summed E-state index contributed by atoms with van der Waals surface area (Å²) in [4.78, 5) is 22.0. The number of anilines is 1. The minimum Gasteiger partial charge on any atom is -0.364 e. The molecule has 1 aliphatic rings. The molecule has 0 saturated heterocycles. The number of rotatable bonds is 3. The fraction of sp³-hybridized carbons (Fsp3) is 0.263. The summed E-state index contributed by atoms with van der Waals surface area (Å²) in [7, 11) is 1.99. The van der Waals surface area contributed by atoms with Crippen LogP contribution in [0.5, 0.6) is 0 Å². The Labute approximate surface area is 151 Å². The third kappa shape index (κ3) is 2.92. The highest BCUT2D eigenvalue weighted by Crippen LogP contribution is 2.28. The van der Waals surface area contributed by atoms with Crippen molar-refractivity contribution in [2.24, 2.45) is 12.8 Å². The van der Waals surface area contributed by atoms with Gasteiger partial charge in [0.25, 0.3) is 5.91 Å². The van der Waals surface area contributed by atoms with Gasteiger partial charge in [-0.25, -0.2) is 4.98 Å². The molecule has 132 valence electrons. The molecule has 0 radical (unpaired) electrons. The molecule has 1 aliphatic heterocycles. The molecule has 2 N–H and O–H groups in total. The summed E-state index contributed by atoms with van der Waals surface area (Å²) >= 11 is 0. The second kappa shape index (κ2) is 6.59. The van der Waals surface area contributed by atoms with E-state index in [9.17, 15) is 4.79 Å². The van der Waals surface area contributed by atoms with Crippen LogP contribution in [-0.4, -0.2) is 38.7 Å². The minimum absolute atomic E-state index is 0.191. The highest BCUT2D eigenvalue weighted by molar-refractivity contribution is 5.90. The molecule has 3 heterocycles. The SMILES string of the molecule is Cn1nc(-c2ccccc2)c2c1CCN(c1cncc(C(N)=O)n1)CC2. The average Bonchev–Trinajstić information content (AvgIpc) is 2.84. The molecular formula is C19H20N6O. The summed E-state index contributed by atoms with van der Waals surface area (Å²) in [6, 6.07) is 10.3. The van der Waals surface area contributed by atoms with E-state index >= 15 is 0 Å². The Hall–Kier alpha value is -3.22. The highest BCUT2D eigenvalue weighted by Gasteiger charge is 2.23. The number of primary amides is 1. The van der Waals surface area contributed by atoms with Crippen molar-refractivity contribution in [3.8, 4) is 11.3 Å². The number of hydrogen-bond acceptors (Lipinski definition) is 5. The molecule has 0 bridgehead atoms. The first-order valence-electron chi connectivity index (χ1n) is 8.60. The van der Waals surface area contributed by atoms with Gasteiger partial charge in [0.1, 0.15) is 11.5 Å². The predicted octanol–water partition coefficient (Wildman–Crippen LogP) is 1.58. The average molecular weight is 348 g/mol. The van der Waals surface area contributed by atoms with Crippen molar-refractivity contribution < 1.29 is 4.79 Å². The standard InChI is InChI=1S/C19H20N6O/c1-24-16-8-10-25(17-12-21-11-15(22-17)19(20)26)9-7-14(16)18(23-24)13-5-3-2-4-6-13/h2-6,11-12H,7-10H2,1H3,(H2,20,26). The smallest absolute Gasteiger partial charge is 0.268 e. The van der Waals surface area contributed by atoms with Crippen molar-refractivity contribution in [3.05, 3.63) is 59.7 Å². The van der Waals surface area contributed by atoms with Crippen LogP contribution in [0.2, 0.25) is 0 Å². The fourth-order valence-electron chi connectivity index (χ4n) is 3.46. The molecule has 0 spiro atoms. The monoisotopic (exact) mass is 348 g/mol. The first-order chi connectivity index (χ1) is 12.6. The number of nitrogens with zero attached hydrogens (tertiary/aromatic N) is 5. The molecule has 0 fully saturated rings. The lowest BCUT2D eigenvalue weighted by atomic mass is 10.0. The van der Waals surface area contributed by atoms with Crippen molar-refractivity contribution in [3.63, 3.8) is 0 Å². The summed E-state index contributed by atoms with van der Waals surface area (Å²) in [5.74, 6) is 0.122. The lowest BCUT2D eigenvalue weighted by Crippen LogP contribution is -2.28. The van der Waals surface area contributed by atoms with E-state index in [1.165, 1.54) is 17.5 Å². The van der Waals surface area contributed by atoms with Gasteiger partial charge < -0.3 is 10.6 Å². The summed E-state index contributed by atoms with van der Waals surface area (Å²) in [5, 5.41) is 4.75. The first kappa shape index (κ1) is 16.3. The molecule has 0 aliphatic carbocycles. The normalized spacial score (nSPS) is 14.0. The number of carbonyl (C=O) groups is 1. The van der Waals surface area contributed by atoms with Gasteiger partial charge in [-0.15, -0.1) is 0 Å². The lowest BCUT2D eigenvalue weighted by molar-refractivity contribution is 0.0995. The fourth-order valence-corrected chi connectivity index (χ4v) is 3.46. The van der Waals surface area contributed by atoms with Crippen molar-refractivity contribution in [2.75, 3.05) is 18.0 Å². The Morgan fingerprint density at radius 2 is 1.88 bits per heavy atom. The number of amides is 1. The van der Waals surface area contributed by atoms with Gasteiger partial charge in [0, 0.05) is 43.4 Å². The number of hydrogen-bond donors (Lipinski definition) is 1. The zero-order chi connectivity index (χ0) is 18.1. The Balaban J connectivity index is 1.64. The Morgan fingerprint density at radius 3 is 2.65 bits per heavy atom. The van der Waals surface area contributed by atoms with E-state index in [2.05, 4.69) is 27.0 Å². The molecular weight excluding hydrogens is 328 g/mol. The number of aryl methyl sites for hydroxylation is 1. The predicted molar refractivity (Wildman–Crippen MR) is 98.8 cm³/mol. The molecule has 3 aromatic rings. The third-order valence-electron chi connectivity index (χ3n) is 4.77. The van der Waals surface area contributed by atoms with E-state index in [1.807, 2.05) is 29.9 Å². The summed E-state index contributed by atoms with van der Waals surface area (Å²) in [5.41, 5.74) is 10.2. The second-order valence-corrected chi connectivity index (χ2v) is 6.38. The minimum atomic E-state index is -0.562. The lowest BCUT2D eigenvalue weighted by Gasteiger charge is -2.21. The van der Waals surface area contributed by atoms with Crippen LogP contribution < -0.4 is 10.6 Å². The number of nitrogens with two attached hydrogens (primary N) is 1. The molecule has 2 aromatic heterocycles. The number of aromatic nitrogens is 4. The zero-order valence-electron chi connectivity index (χ0n) is 14.6. The molecule has 0 atom stereocenters.